The summed E-state index contributed by atoms with van der Waals surface area (Å²) in [5.74, 6) is 1.13. The van der Waals surface area contributed by atoms with Gasteiger partial charge in [-0.3, -0.25) is 10.1 Å². The van der Waals surface area contributed by atoms with Crippen molar-refractivity contribution in [2.75, 3.05) is 18.0 Å². The fourth-order valence-corrected chi connectivity index (χ4v) is 9.69. The molecule has 26 heavy (non-hydrogen) atoms. The molecule has 0 bridgehead atoms. The number of nitro benzene ring substituents is 1. The molecule has 6 heteroatoms. The Labute approximate surface area is 158 Å². The van der Waals surface area contributed by atoms with Crippen molar-refractivity contribution >= 4 is 19.7 Å². The average Bonchev–Trinajstić information content (AvgIpc) is 2.59. The standard InChI is InChI=1S/C20H32N2O3Si/c1-15(2)26(16(3)4,17(5)6)25-20-11-13-21(14-12-20)18-7-9-19(10-8-18)22(23)24/h7-11,15-17H,12-14H2,1-6H3. The van der Waals surface area contributed by atoms with Gasteiger partial charge in [-0.05, 0) is 34.8 Å². The largest absolute Gasteiger partial charge is 0.546 e. The molecule has 0 saturated heterocycles. The first-order valence-electron chi connectivity index (χ1n) is 9.56. The molecule has 0 aromatic heterocycles. The zero-order chi connectivity index (χ0) is 19.5. The maximum Gasteiger partial charge on any atom is 0.269 e. The van der Waals surface area contributed by atoms with Gasteiger partial charge in [0.05, 0.1) is 10.7 Å². The van der Waals surface area contributed by atoms with Crippen LogP contribution in [0, 0.1) is 10.1 Å². The van der Waals surface area contributed by atoms with Crippen LogP contribution >= 0.6 is 0 Å². The molecule has 1 aliphatic rings. The van der Waals surface area contributed by atoms with E-state index in [0.717, 1.165) is 31.0 Å². The highest BCUT2D eigenvalue weighted by molar-refractivity contribution is 6.77. The van der Waals surface area contributed by atoms with Crippen molar-refractivity contribution in [3.63, 3.8) is 0 Å². The van der Waals surface area contributed by atoms with Crippen molar-refractivity contribution in [1.29, 1.82) is 0 Å². The Hall–Kier alpha value is -1.82. The first kappa shape index (κ1) is 20.5. The number of benzene rings is 1. The Kier molecular flexibility index (Phi) is 6.50. The van der Waals surface area contributed by atoms with Gasteiger partial charge in [-0.1, -0.05) is 41.5 Å². The molecule has 0 amide bonds. The Bertz CT molecular complexity index is 632. The minimum Gasteiger partial charge on any atom is -0.546 e. The summed E-state index contributed by atoms with van der Waals surface area (Å²) in [6.07, 6.45) is 3.08. The highest BCUT2D eigenvalue weighted by atomic mass is 28.4. The molecule has 2 rings (SSSR count). The zero-order valence-corrected chi connectivity index (χ0v) is 17.9. The van der Waals surface area contributed by atoms with Gasteiger partial charge in [-0.15, -0.1) is 0 Å². The molecule has 0 radical (unpaired) electrons. The Morgan fingerprint density at radius 1 is 1.04 bits per heavy atom. The first-order valence-corrected chi connectivity index (χ1v) is 11.7. The number of nitro groups is 1. The van der Waals surface area contributed by atoms with Crippen molar-refractivity contribution in [1.82, 2.24) is 0 Å². The Balaban J connectivity index is 2.12. The van der Waals surface area contributed by atoms with Crippen molar-refractivity contribution in [3.05, 3.63) is 46.2 Å². The van der Waals surface area contributed by atoms with Crippen molar-refractivity contribution in [2.24, 2.45) is 0 Å². The number of hydrogen-bond acceptors (Lipinski definition) is 4. The highest BCUT2D eigenvalue weighted by Gasteiger charge is 2.47. The van der Waals surface area contributed by atoms with Gasteiger partial charge in [0.2, 0.25) is 0 Å². The molecule has 1 heterocycles. The highest BCUT2D eigenvalue weighted by Crippen LogP contribution is 2.44. The molecule has 144 valence electrons. The lowest BCUT2D eigenvalue weighted by Gasteiger charge is -2.44. The molecule has 1 aliphatic heterocycles. The number of anilines is 1. The molecule has 0 aliphatic carbocycles. The van der Waals surface area contributed by atoms with Gasteiger partial charge in [0.25, 0.3) is 14.0 Å². The molecule has 5 nitrogen and oxygen atoms in total. The molecule has 0 saturated carbocycles. The lowest BCUT2D eigenvalue weighted by atomic mass is 10.2. The minimum atomic E-state index is -1.90. The summed E-state index contributed by atoms with van der Waals surface area (Å²) in [4.78, 5) is 12.7. The van der Waals surface area contributed by atoms with Gasteiger partial charge in [0.15, 0.2) is 0 Å². The third-order valence-corrected chi connectivity index (χ3v) is 11.6. The van der Waals surface area contributed by atoms with E-state index in [2.05, 4.69) is 52.5 Å². The maximum atomic E-state index is 10.8. The Morgan fingerprint density at radius 3 is 1.96 bits per heavy atom. The summed E-state index contributed by atoms with van der Waals surface area (Å²) in [6.45, 7) is 15.5. The fourth-order valence-electron chi connectivity index (χ4n) is 4.34. The molecule has 0 atom stereocenters. The smallest absolute Gasteiger partial charge is 0.269 e. The molecule has 0 fully saturated rings. The number of rotatable bonds is 7. The molecule has 0 N–H and O–H groups in total. The second-order valence-corrected chi connectivity index (χ2v) is 13.4. The lowest BCUT2D eigenvalue weighted by Crippen LogP contribution is -2.48. The third-order valence-electron chi connectivity index (χ3n) is 5.61. The predicted octanol–water partition coefficient (Wildman–Crippen LogP) is 5.88. The van der Waals surface area contributed by atoms with E-state index in [4.69, 9.17) is 4.43 Å². The monoisotopic (exact) mass is 376 g/mol. The quantitative estimate of drug-likeness (QED) is 0.339. The number of hydrogen-bond donors (Lipinski definition) is 0. The van der Waals surface area contributed by atoms with Crippen LogP contribution in [0.5, 0.6) is 0 Å². The van der Waals surface area contributed by atoms with E-state index in [1.54, 1.807) is 12.1 Å². The van der Waals surface area contributed by atoms with Gasteiger partial charge in [0.1, 0.15) is 0 Å². The van der Waals surface area contributed by atoms with Crippen LogP contribution in [-0.2, 0) is 4.43 Å². The summed E-state index contributed by atoms with van der Waals surface area (Å²) in [5.41, 5.74) is 2.85. The Morgan fingerprint density at radius 2 is 1.58 bits per heavy atom. The van der Waals surface area contributed by atoms with Crippen LogP contribution in [0.1, 0.15) is 48.0 Å². The van der Waals surface area contributed by atoms with Crippen LogP contribution in [-0.4, -0.2) is 26.3 Å². The van der Waals surface area contributed by atoms with Crippen molar-refractivity contribution in [3.8, 4) is 0 Å². The predicted molar refractivity (Wildman–Crippen MR) is 110 cm³/mol. The van der Waals surface area contributed by atoms with Crippen LogP contribution in [0.15, 0.2) is 36.1 Å². The van der Waals surface area contributed by atoms with Crippen LogP contribution in [0.3, 0.4) is 0 Å². The average molecular weight is 377 g/mol. The van der Waals surface area contributed by atoms with Gasteiger partial charge in [-0.25, -0.2) is 0 Å². The van der Waals surface area contributed by atoms with Crippen molar-refractivity contribution < 1.29 is 9.35 Å². The van der Waals surface area contributed by atoms with E-state index in [9.17, 15) is 10.1 Å². The summed E-state index contributed by atoms with van der Waals surface area (Å²) < 4.78 is 6.78. The number of non-ortho nitro benzene ring substituents is 1. The summed E-state index contributed by atoms with van der Waals surface area (Å²) in [6, 6.07) is 6.79. The minimum absolute atomic E-state index is 0.131. The molecular weight excluding hydrogens is 344 g/mol. The third kappa shape index (κ3) is 4.11. The fraction of sp³-hybridized carbons (Fsp3) is 0.600. The lowest BCUT2D eigenvalue weighted by molar-refractivity contribution is -0.384. The van der Waals surface area contributed by atoms with Gasteiger partial charge in [0, 0.05) is 37.3 Å². The molecule has 0 unspecified atom stereocenters. The van der Waals surface area contributed by atoms with Crippen LogP contribution < -0.4 is 4.90 Å². The topological polar surface area (TPSA) is 55.6 Å². The zero-order valence-electron chi connectivity index (χ0n) is 16.9. The first-order chi connectivity index (χ1) is 12.2. The van der Waals surface area contributed by atoms with Crippen LogP contribution in [0.25, 0.3) is 0 Å². The van der Waals surface area contributed by atoms with Gasteiger partial charge < -0.3 is 9.33 Å². The van der Waals surface area contributed by atoms with Crippen molar-refractivity contribution in [2.45, 2.75) is 64.6 Å². The van der Waals surface area contributed by atoms with E-state index >= 15 is 0 Å². The van der Waals surface area contributed by atoms with E-state index in [-0.39, 0.29) is 10.6 Å². The van der Waals surface area contributed by atoms with E-state index in [1.807, 2.05) is 12.1 Å². The second kappa shape index (κ2) is 8.25. The summed E-state index contributed by atoms with van der Waals surface area (Å²) >= 11 is 0. The van der Waals surface area contributed by atoms with Crippen LogP contribution in [0.4, 0.5) is 11.4 Å². The summed E-state index contributed by atoms with van der Waals surface area (Å²) in [7, 11) is -1.90. The van der Waals surface area contributed by atoms with E-state index < -0.39 is 8.32 Å². The molecule has 1 aromatic rings. The molecule has 0 spiro atoms. The van der Waals surface area contributed by atoms with E-state index in [0.29, 0.717) is 16.6 Å². The number of nitrogens with zero attached hydrogens (tertiary/aromatic N) is 2. The SMILES string of the molecule is CC(C)[Si](OC1=CCN(c2ccc([N+](=O)[O-])cc2)CC1)(C(C)C)C(C)C. The normalized spacial score (nSPS) is 15.6. The molecular formula is C20H32N2O3Si. The van der Waals surface area contributed by atoms with Gasteiger partial charge >= 0.3 is 0 Å². The van der Waals surface area contributed by atoms with E-state index in [1.165, 1.54) is 0 Å². The van der Waals surface area contributed by atoms with Crippen LogP contribution in [0.2, 0.25) is 16.6 Å². The second-order valence-electron chi connectivity index (χ2n) is 8.06. The molecule has 1 aromatic carbocycles. The summed E-state index contributed by atoms with van der Waals surface area (Å²) in [5, 5.41) is 10.8. The maximum absolute atomic E-state index is 10.8. The van der Waals surface area contributed by atoms with Gasteiger partial charge in [-0.2, -0.15) is 0 Å².